The standard InChI is InChI=1S/C14H29N3O2/c1-11(2)10-16-14(19)12(3)17-13(18)8-6-4-5-7-9-15/h11-12H,4-10,15H2,1-3H3,(H,16,19)(H,17,18). The van der Waals surface area contributed by atoms with E-state index >= 15 is 0 Å². The van der Waals surface area contributed by atoms with Gasteiger partial charge in [-0.15, -0.1) is 0 Å². The van der Waals surface area contributed by atoms with Gasteiger partial charge >= 0.3 is 0 Å². The molecule has 5 heteroatoms. The maximum absolute atomic E-state index is 11.7. The van der Waals surface area contributed by atoms with Crippen LogP contribution in [0.3, 0.4) is 0 Å². The first-order valence-corrected chi connectivity index (χ1v) is 7.24. The Morgan fingerprint density at radius 1 is 1.05 bits per heavy atom. The van der Waals surface area contributed by atoms with E-state index in [1.165, 1.54) is 0 Å². The second kappa shape index (κ2) is 10.8. The lowest BCUT2D eigenvalue weighted by atomic mass is 10.1. The molecule has 0 aromatic carbocycles. The molecule has 0 saturated heterocycles. The second-order valence-electron chi connectivity index (χ2n) is 5.38. The van der Waals surface area contributed by atoms with Crippen molar-refractivity contribution < 1.29 is 9.59 Å². The third-order valence-corrected chi connectivity index (χ3v) is 2.81. The monoisotopic (exact) mass is 271 g/mol. The Balaban J connectivity index is 3.70. The third-order valence-electron chi connectivity index (χ3n) is 2.81. The quantitative estimate of drug-likeness (QED) is 0.522. The van der Waals surface area contributed by atoms with Gasteiger partial charge < -0.3 is 16.4 Å². The number of amides is 2. The van der Waals surface area contributed by atoms with E-state index in [1.807, 2.05) is 13.8 Å². The molecule has 5 nitrogen and oxygen atoms in total. The van der Waals surface area contributed by atoms with Crippen LogP contribution in [0.4, 0.5) is 0 Å². The summed E-state index contributed by atoms with van der Waals surface area (Å²) in [4.78, 5) is 23.3. The van der Waals surface area contributed by atoms with Gasteiger partial charge in [-0.3, -0.25) is 9.59 Å². The molecule has 0 spiro atoms. The van der Waals surface area contributed by atoms with E-state index in [2.05, 4.69) is 10.6 Å². The highest BCUT2D eigenvalue weighted by atomic mass is 16.2. The van der Waals surface area contributed by atoms with Gasteiger partial charge in [-0.2, -0.15) is 0 Å². The summed E-state index contributed by atoms with van der Waals surface area (Å²) in [6, 6.07) is -0.463. The Hall–Kier alpha value is -1.10. The van der Waals surface area contributed by atoms with Crippen molar-refractivity contribution in [3.8, 4) is 0 Å². The highest BCUT2D eigenvalue weighted by Crippen LogP contribution is 2.02. The summed E-state index contributed by atoms with van der Waals surface area (Å²) < 4.78 is 0. The number of nitrogens with one attached hydrogen (secondary N) is 2. The zero-order valence-corrected chi connectivity index (χ0v) is 12.5. The molecule has 0 heterocycles. The summed E-state index contributed by atoms with van der Waals surface area (Å²) in [5, 5.41) is 5.52. The molecule has 0 aromatic heterocycles. The minimum atomic E-state index is -0.463. The van der Waals surface area contributed by atoms with Crippen LogP contribution >= 0.6 is 0 Å². The zero-order valence-electron chi connectivity index (χ0n) is 12.5. The lowest BCUT2D eigenvalue weighted by molar-refractivity contribution is -0.128. The van der Waals surface area contributed by atoms with Crippen molar-refractivity contribution in [2.75, 3.05) is 13.1 Å². The van der Waals surface area contributed by atoms with Crippen molar-refractivity contribution in [2.45, 2.75) is 58.9 Å². The number of rotatable bonds is 10. The van der Waals surface area contributed by atoms with E-state index in [0.717, 1.165) is 25.7 Å². The molecule has 0 rings (SSSR count). The third kappa shape index (κ3) is 10.5. The SMILES string of the molecule is CC(C)CNC(=O)C(C)NC(=O)CCCCCCN. The molecule has 2 amide bonds. The predicted octanol–water partition coefficient (Wildman–Crippen LogP) is 1.17. The van der Waals surface area contributed by atoms with E-state index in [1.54, 1.807) is 6.92 Å². The Morgan fingerprint density at radius 3 is 2.26 bits per heavy atom. The first-order chi connectivity index (χ1) is 8.97. The molecule has 0 fully saturated rings. The molecule has 1 unspecified atom stereocenters. The van der Waals surface area contributed by atoms with Crippen molar-refractivity contribution in [1.82, 2.24) is 10.6 Å². The molecule has 0 radical (unpaired) electrons. The lowest BCUT2D eigenvalue weighted by Gasteiger charge is -2.15. The van der Waals surface area contributed by atoms with Crippen LogP contribution in [-0.4, -0.2) is 30.9 Å². The highest BCUT2D eigenvalue weighted by molar-refractivity contribution is 5.87. The van der Waals surface area contributed by atoms with Gasteiger partial charge in [0.15, 0.2) is 0 Å². The van der Waals surface area contributed by atoms with E-state index < -0.39 is 6.04 Å². The van der Waals surface area contributed by atoms with Crippen molar-refractivity contribution in [3.63, 3.8) is 0 Å². The molecule has 0 aliphatic heterocycles. The summed E-state index contributed by atoms with van der Waals surface area (Å²) in [5.74, 6) is 0.236. The molecule has 0 saturated carbocycles. The van der Waals surface area contributed by atoms with Crippen LogP contribution in [0.25, 0.3) is 0 Å². The van der Waals surface area contributed by atoms with E-state index in [0.29, 0.717) is 25.4 Å². The van der Waals surface area contributed by atoms with Crippen LogP contribution in [0.15, 0.2) is 0 Å². The van der Waals surface area contributed by atoms with Crippen LogP contribution in [0.1, 0.15) is 52.9 Å². The van der Waals surface area contributed by atoms with Gasteiger partial charge in [-0.05, 0) is 32.2 Å². The van der Waals surface area contributed by atoms with Gasteiger partial charge in [0.1, 0.15) is 6.04 Å². The molecular formula is C14H29N3O2. The van der Waals surface area contributed by atoms with Crippen molar-refractivity contribution in [1.29, 1.82) is 0 Å². The van der Waals surface area contributed by atoms with Crippen LogP contribution in [-0.2, 0) is 9.59 Å². The van der Waals surface area contributed by atoms with Gasteiger partial charge in [0.2, 0.25) is 11.8 Å². The number of carbonyl (C=O) groups is 2. The fraction of sp³-hybridized carbons (Fsp3) is 0.857. The number of carbonyl (C=O) groups excluding carboxylic acids is 2. The summed E-state index contributed by atoms with van der Waals surface area (Å²) in [7, 11) is 0. The highest BCUT2D eigenvalue weighted by Gasteiger charge is 2.14. The van der Waals surface area contributed by atoms with Crippen molar-refractivity contribution in [3.05, 3.63) is 0 Å². The largest absolute Gasteiger partial charge is 0.354 e. The first kappa shape index (κ1) is 17.9. The number of nitrogens with two attached hydrogens (primary N) is 1. The summed E-state index contributed by atoms with van der Waals surface area (Å²) in [6.07, 6.45) is 4.42. The number of unbranched alkanes of at least 4 members (excludes halogenated alkanes) is 3. The average molecular weight is 271 g/mol. The van der Waals surface area contributed by atoms with Crippen LogP contribution in [0, 0.1) is 5.92 Å². The first-order valence-electron chi connectivity index (χ1n) is 7.24. The van der Waals surface area contributed by atoms with Crippen LogP contribution in [0.5, 0.6) is 0 Å². The zero-order chi connectivity index (χ0) is 14.7. The Labute approximate surface area is 116 Å². The Bertz CT molecular complexity index is 267. The summed E-state index contributed by atoms with van der Waals surface area (Å²) in [6.45, 7) is 7.12. The van der Waals surface area contributed by atoms with Gasteiger partial charge in [-0.1, -0.05) is 26.7 Å². The summed E-state index contributed by atoms with van der Waals surface area (Å²) in [5.41, 5.74) is 5.40. The van der Waals surface area contributed by atoms with E-state index in [4.69, 9.17) is 5.73 Å². The topological polar surface area (TPSA) is 84.2 Å². The minimum absolute atomic E-state index is 0.0556. The maximum Gasteiger partial charge on any atom is 0.242 e. The molecule has 1 atom stereocenters. The van der Waals surface area contributed by atoms with Crippen molar-refractivity contribution in [2.24, 2.45) is 11.7 Å². The number of hydrogen-bond acceptors (Lipinski definition) is 3. The van der Waals surface area contributed by atoms with Crippen LogP contribution < -0.4 is 16.4 Å². The van der Waals surface area contributed by atoms with Gasteiger partial charge in [0.05, 0.1) is 0 Å². The van der Waals surface area contributed by atoms with Gasteiger partial charge in [-0.25, -0.2) is 0 Å². The Kier molecular flexibility index (Phi) is 10.2. The maximum atomic E-state index is 11.7. The molecule has 4 N–H and O–H groups in total. The molecule has 0 aromatic rings. The molecule has 112 valence electrons. The van der Waals surface area contributed by atoms with Crippen molar-refractivity contribution >= 4 is 11.8 Å². The van der Waals surface area contributed by atoms with Gasteiger partial charge in [0, 0.05) is 13.0 Å². The number of hydrogen-bond donors (Lipinski definition) is 3. The average Bonchev–Trinajstić information content (AvgIpc) is 2.35. The lowest BCUT2D eigenvalue weighted by Crippen LogP contribution is -2.45. The molecule has 19 heavy (non-hydrogen) atoms. The van der Waals surface area contributed by atoms with E-state index in [-0.39, 0.29) is 11.8 Å². The van der Waals surface area contributed by atoms with E-state index in [9.17, 15) is 9.59 Å². The van der Waals surface area contributed by atoms with Gasteiger partial charge in [0.25, 0.3) is 0 Å². The van der Waals surface area contributed by atoms with Crippen LogP contribution in [0.2, 0.25) is 0 Å². The minimum Gasteiger partial charge on any atom is -0.354 e. The Morgan fingerprint density at radius 2 is 1.68 bits per heavy atom. The smallest absolute Gasteiger partial charge is 0.242 e. The fourth-order valence-electron chi connectivity index (χ4n) is 1.62. The summed E-state index contributed by atoms with van der Waals surface area (Å²) >= 11 is 0. The molecule has 0 bridgehead atoms. The molecule has 0 aliphatic carbocycles. The fourth-order valence-corrected chi connectivity index (χ4v) is 1.62. The normalized spacial score (nSPS) is 12.3. The molecule has 0 aliphatic rings. The predicted molar refractivity (Wildman–Crippen MR) is 77.6 cm³/mol. The second-order valence-corrected chi connectivity index (χ2v) is 5.38. The molecular weight excluding hydrogens is 242 g/mol.